The lowest BCUT2D eigenvalue weighted by Crippen LogP contribution is -2.08. The summed E-state index contributed by atoms with van der Waals surface area (Å²) in [6, 6.07) is 3.57. The molecule has 3 aromatic rings. The molecule has 0 saturated heterocycles. The molecule has 0 aliphatic carbocycles. The maximum atomic E-state index is 12.7. The summed E-state index contributed by atoms with van der Waals surface area (Å²) in [6.07, 6.45) is 1.57. The van der Waals surface area contributed by atoms with Crippen molar-refractivity contribution in [1.29, 1.82) is 0 Å². The molecule has 0 aromatic carbocycles. The van der Waals surface area contributed by atoms with Crippen molar-refractivity contribution in [3.05, 3.63) is 40.9 Å². The molecule has 0 atom stereocenters. The summed E-state index contributed by atoms with van der Waals surface area (Å²) < 4.78 is 12.2. The number of furan rings is 1. The Hall–Kier alpha value is -2.81. The molecule has 0 aliphatic heterocycles. The standard InChI is InChI=1S/C18H20N4O4S/c1-5-25-17(24)14-10(2)15(19-11(14)3)12(23)9-27-18-21-20-16(22(18)4)13-7-6-8-26-13/h6-8,19H,5,9H2,1-4H3. The summed E-state index contributed by atoms with van der Waals surface area (Å²) in [5.74, 6) is 0.808. The van der Waals surface area contributed by atoms with E-state index in [9.17, 15) is 9.59 Å². The fourth-order valence-electron chi connectivity index (χ4n) is 2.80. The van der Waals surface area contributed by atoms with E-state index in [0.29, 0.717) is 39.3 Å². The Morgan fingerprint density at radius 3 is 2.78 bits per heavy atom. The molecule has 3 heterocycles. The molecule has 0 radical (unpaired) electrons. The van der Waals surface area contributed by atoms with Crippen LogP contribution < -0.4 is 0 Å². The third-order valence-corrected chi connectivity index (χ3v) is 5.12. The molecule has 142 valence electrons. The first-order valence-electron chi connectivity index (χ1n) is 8.39. The van der Waals surface area contributed by atoms with Crippen molar-refractivity contribution in [2.24, 2.45) is 7.05 Å². The summed E-state index contributed by atoms with van der Waals surface area (Å²) in [4.78, 5) is 27.7. The Bertz CT molecular complexity index is 972. The minimum absolute atomic E-state index is 0.126. The second-order valence-corrected chi connectivity index (χ2v) is 6.84. The van der Waals surface area contributed by atoms with E-state index in [0.717, 1.165) is 0 Å². The Balaban J connectivity index is 1.74. The molecule has 3 rings (SSSR count). The number of ether oxygens (including phenoxy) is 1. The van der Waals surface area contributed by atoms with Gasteiger partial charge in [0.05, 0.1) is 29.9 Å². The molecule has 0 spiro atoms. The summed E-state index contributed by atoms with van der Waals surface area (Å²) in [7, 11) is 1.81. The molecule has 3 aromatic heterocycles. The number of aryl methyl sites for hydroxylation is 1. The van der Waals surface area contributed by atoms with Gasteiger partial charge in [0.25, 0.3) is 0 Å². The first-order valence-corrected chi connectivity index (χ1v) is 9.38. The molecule has 8 nitrogen and oxygen atoms in total. The molecular weight excluding hydrogens is 368 g/mol. The van der Waals surface area contributed by atoms with Gasteiger partial charge in [-0.15, -0.1) is 10.2 Å². The van der Waals surface area contributed by atoms with E-state index in [1.807, 2.05) is 7.05 Å². The average Bonchev–Trinajstić information content (AvgIpc) is 3.33. The van der Waals surface area contributed by atoms with Crippen LogP contribution in [0, 0.1) is 13.8 Å². The van der Waals surface area contributed by atoms with E-state index >= 15 is 0 Å². The van der Waals surface area contributed by atoms with Gasteiger partial charge in [-0.05, 0) is 38.5 Å². The van der Waals surface area contributed by atoms with Crippen LogP contribution in [0.25, 0.3) is 11.6 Å². The van der Waals surface area contributed by atoms with Crippen molar-refractivity contribution < 1.29 is 18.7 Å². The van der Waals surface area contributed by atoms with Crippen molar-refractivity contribution in [2.45, 2.75) is 25.9 Å². The third kappa shape index (κ3) is 3.68. The highest BCUT2D eigenvalue weighted by atomic mass is 32.2. The zero-order chi connectivity index (χ0) is 19.6. The number of aromatic amines is 1. The lowest BCUT2D eigenvalue weighted by molar-refractivity contribution is 0.0525. The Morgan fingerprint density at radius 2 is 2.11 bits per heavy atom. The smallest absolute Gasteiger partial charge is 0.340 e. The zero-order valence-electron chi connectivity index (χ0n) is 15.5. The summed E-state index contributed by atoms with van der Waals surface area (Å²) in [5.41, 5.74) is 2.06. The van der Waals surface area contributed by atoms with E-state index in [2.05, 4.69) is 15.2 Å². The van der Waals surface area contributed by atoms with Gasteiger partial charge < -0.3 is 18.7 Å². The Morgan fingerprint density at radius 1 is 1.33 bits per heavy atom. The van der Waals surface area contributed by atoms with Crippen LogP contribution in [0.15, 0.2) is 28.0 Å². The number of Topliss-reactive ketones (excluding diaryl/α,β-unsaturated/α-hetero) is 1. The fourth-order valence-corrected chi connectivity index (χ4v) is 3.58. The first kappa shape index (κ1) is 19.0. The van der Waals surface area contributed by atoms with E-state index in [-0.39, 0.29) is 18.1 Å². The first-order chi connectivity index (χ1) is 12.9. The van der Waals surface area contributed by atoms with Gasteiger partial charge in [0.2, 0.25) is 0 Å². The Kier molecular flexibility index (Phi) is 5.50. The van der Waals surface area contributed by atoms with Crippen LogP contribution in [0.5, 0.6) is 0 Å². The van der Waals surface area contributed by atoms with Crippen LogP contribution in [0.4, 0.5) is 0 Å². The van der Waals surface area contributed by atoms with Crippen molar-refractivity contribution in [1.82, 2.24) is 19.7 Å². The normalized spacial score (nSPS) is 11.0. The molecule has 9 heteroatoms. The van der Waals surface area contributed by atoms with Crippen LogP contribution in [0.3, 0.4) is 0 Å². The number of carbonyl (C=O) groups excluding carboxylic acids is 2. The quantitative estimate of drug-likeness (QED) is 0.377. The second kappa shape index (κ2) is 7.83. The van der Waals surface area contributed by atoms with Gasteiger partial charge in [-0.25, -0.2) is 4.79 Å². The molecule has 0 unspecified atom stereocenters. The number of rotatable bonds is 7. The summed E-state index contributed by atoms with van der Waals surface area (Å²) in [6.45, 7) is 5.52. The molecule has 0 amide bonds. The molecular formula is C18H20N4O4S. The van der Waals surface area contributed by atoms with Crippen LogP contribution in [-0.4, -0.2) is 43.9 Å². The summed E-state index contributed by atoms with van der Waals surface area (Å²) in [5, 5.41) is 8.82. The number of nitrogens with zero attached hydrogens (tertiary/aromatic N) is 3. The molecule has 0 bridgehead atoms. The highest BCUT2D eigenvalue weighted by Crippen LogP contribution is 2.25. The molecule has 0 fully saturated rings. The lowest BCUT2D eigenvalue weighted by Gasteiger charge is -2.03. The van der Waals surface area contributed by atoms with Gasteiger partial charge in [0, 0.05) is 12.7 Å². The number of esters is 1. The van der Waals surface area contributed by atoms with E-state index in [1.54, 1.807) is 43.7 Å². The highest BCUT2D eigenvalue weighted by Gasteiger charge is 2.23. The summed E-state index contributed by atoms with van der Waals surface area (Å²) >= 11 is 1.27. The minimum Gasteiger partial charge on any atom is -0.462 e. The highest BCUT2D eigenvalue weighted by molar-refractivity contribution is 7.99. The molecule has 1 N–H and O–H groups in total. The van der Waals surface area contributed by atoms with Gasteiger partial charge in [-0.3, -0.25) is 4.79 Å². The van der Waals surface area contributed by atoms with Gasteiger partial charge in [-0.2, -0.15) is 0 Å². The van der Waals surface area contributed by atoms with E-state index < -0.39 is 5.97 Å². The number of carbonyl (C=O) groups is 2. The molecule has 0 aliphatic rings. The fraction of sp³-hybridized carbons (Fsp3) is 0.333. The number of ketones is 1. The second-order valence-electron chi connectivity index (χ2n) is 5.90. The maximum Gasteiger partial charge on any atom is 0.340 e. The van der Waals surface area contributed by atoms with Gasteiger partial charge in [-0.1, -0.05) is 11.8 Å². The van der Waals surface area contributed by atoms with Gasteiger partial charge in [0.1, 0.15) is 0 Å². The number of nitrogens with one attached hydrogen (secondary N) is 1. The van der Waals surface area contributed by atoms with Crippen molar-refractivity contribution in [2.75, 3.05) is 12.4 Å². The van der Waals surface area contributed by atoms with E-state index in [4.69, 9.17) is 9.15 Å². The molecule has 27 heavy (non-hydrogen) atoms. The molecule has 0 saturated carbocycles. The number of H-pyrrole nitrogens is 1. The monoisotopic (exact) mass is 388 g/mol. The topological polar surface area (TPSA) is 103 Å². The van der Waals surface area contributed by atoms with Crippen molar-refractivity contribution >= 4 is 23.5 Å². The third-order valence-electron chi connectivity index (χ3n) is 4.10. The van der Waals surface area contributed by atoms with Crippen LogP contribution in [0.2, 0.25) is 0 Å². The number of thioether (sulfide) groups is 1. The average molecular weight is 388 g/mol. The van der Waals surface area contributed by atoms with E-state index in [1.165, 1.54) is 11.8 Å². The maximum absolute atomic E-state index is 12.7. The van der Waals surface area contributed by atoms with Gasteiger partial charge >= 0.3 is 5.97 Å². The van der Waals surface area contributed by atoms with Crippen LogP contribution >= 0.6 is 11.8 Å². The predicted molar refractivity (Wildman–Crippen MR) is 100.0 cm³/mol. The van der Waals surface area contributed by atoms with Crippen molar-refractivity contribution in [3.63, 3.8) is 0 Å². The predicted octanol–water partition coefficient (Wildman–Crippen LogP) is 3.17. The SMILES string of the molecule is CCOC(=O)c1c(C)[nH]c(C(=O)CSc2nnc(-c3ccco3)n2C)c1C. The lowest BCUT2D eigenvalue weighted by atomic mass is 10.1. The Labute approximate surface area is 160 Å². The minimum atomic E-state index is -0.424. The van der Waals surface area contributed by atoms with Gasteiger partial charge in [0.15, 0.2) is 22.5 Å². The number of hydrogen-bond acceptors (Lipinski definition) is 7. The number of hydrogen-bond donors (Lipinski definition) is 1. The van der Waals surface area contributed by atoms with Crippen LogP contribution in [-0.2, 0) is 11.8 Å². The van der Waals surface area contributed by atoms with Crippen molar-refractivity contribution in [3.8, 4) is 11.6 Å². The number of aromatic nitrogens is 4. The zero-order valence-corrected chi connectivity index (χ0v) is 16.3. The van der Waals surface area contributed by atoms with Crippen LogP contribution in [0.1, 0.15) is 39.0 Å². The largest absolute Gasteiger partial charge is 0.462 e.